The second kappa shape index (κ2) is 10.6. The fourth-order valence-corrected chi connectivity index (χ4v) is 0.893. The number of ether oxygens (including phenoxy) is 1. The molecule has 8 heteroatoms. The summed E-state index contributed by atoms with van der Waals surface area (Å²) in [7, 11) is 3.75. The summed E-state index contributed by atoms with van der Waals surface area (Å²) >= 11 is 0. The number of terminal acetylenes is 1. The molecule has 124 valence electrons. The molecule has 0 heterocycles. The van der Waals surface area contributed by atoms with Crippen LogP contribution >= 0.6 is 0 Å². The van der Waals surface area contributed by atoms with Crippen molar-refractivity contribution in [2.75, 3.05) is 14.1 Å². The van der Waals surface area contributed by atoms with Gasteiger partial charge in [-0.25, -0.2) is 13.2 Å². The first-order valence-electron chi connectivity index (χ1n) is 5.83. The number of hydrogen-bond acceptors (Lipinski definition) is 3. The molecule has 1 N–H and O–H groups in total. The molecule has 0 spiro atoms. The lowest BCUT2D eigenvalue weighted by atomic mass is 10.2. The van der Waals surface area contributed by atoms with Gasteiger partial charge in [0.15, 0.2) is 0 Å². The van der Waals surface area contributed by atoms with Crippen molar-refractivity contribution in [1.82, 2.24) is 5.32 Å². The third-order valence-corrected chi connectivity index (χ3v) is 1.84. The van der Waals surface area contributed by atoms with Gasteiger partial charge in [-0.2, -0.15) is 8.78 Å². The summed E-state index contributed by atoms with van der Waals surface area (Å²) in [5.74, 6) is -14.4. The lowest BCUT2D eigenvalue weighted by Crippen LogP contribution is -2.18. The van der Waals surface area contributed by atoms with Gasteiger partial charge in [-0.05, 0) is 14.1 Å². The number of nitrogens with one attached hydrogen (secondary N) is 1. The van der Waals surface area contributed by atoms with E-state index in [1.165, 1.54) is 13.8 Å². The van der Waals surface area contributed by atoms with Gasteiger partial charge in [0.2, 0.25) is 34.8 Å². The molecule has 0 saturated heterocycles. The molecule has 0 amide bonds. The van der Waals surface area contributed by atoms with Crippen LogP contribution in [0.4, 0.5) is 22.0 Å². The van der Waals surface area contributed by atoms with Crippen LogP contribution in [0.1, 0.15) is 13.8 Å². The summed E-state index contributed by atoms with van der Waals surface area (Å²) in [6.07, 6.45) is 8.00. The Hall–Kier alpha value is -2.14. The minimum Gasteiger partial charge on any atom is -0.420 e. The van der Waals surface area contributed by atoms with Crippen LogP contribution in [-0.2, 0) is 4.79 Å². The van der Waals surface area contributed by atoms with Gasteiger partial charge in [-0.15, -0.1) is 12.8 Å². The third kappa shape index (κ3) is 5.69. The quantitative estimate of drug-likeness (QED) is 0.227. The van der Waals surface area contributed by atoms with Gasteiger partial charge in [-0.3, -0.25) is 4.79 Å². The predicted octanol–water partition coefficient (Wildman–Crippen LogP) is 3.03. The van der Waals surface area contributed by atoms with Gasteiger partial charge in [0.25, 0.3) is 0 Å². The van der Waals surface area contributed by atoms with Crippen LogP contribution in [-0.4, -0.2) is 20.1 Å². The van der Waals surface area contributed by atoms with E-state index in [2.05, 4.69) is 22.9 Å². The van der Waals surface area contributed by atoms with E-state index in [1.807, 2.05) is 14.1 Å². The van der Waals surface area contributed by atoms with Crippen molar-refractivity contribution in [2.24, 2.45) is 5.92 Å². The van der Waals surface area contributed by atoms with E-state index < -0.39 is 46.7 Å². The average Bonchev–Trinajstić information content (AvgIpc) is 2.50. The smallest absolute Gasteiger partial charge is 0.313 e. The molecular formula is C14H16F5NO2. The highest BCUT2D eigenvalue weighted by Gasteiger charge is 2.28. The Balaban J connectivity index is 0. The molecule has 0 aliphatic rings. The summed E-state index contributed by atoms with van der Waals surface area (Å²) < 4.78 is 68.2. The molecule has 0 saturated carbocycles. The summed E-state index contributed by atoms with van der Waals surface area (Å²) in [6.45, 7) is 2.68. The van der Waals surface area contributed by atoms with Crippen LogP contribution in [0.5, 0.6) is 5.75 Å². The Labute approximate surface area is 125 Å². The van der Waals surface area contributed by atoms with Gasteiger partial charge < -0.3 is 10.1 Å². The molecule has 0 atom stereocenters. The van der Waals surface area contributed by atoms with Gasteiger partial charge in [0, 0.05) is 0 Å². The summed E-state index contributed by atoms with van der Waals surface area (Å²) in [5, 5.41) is 2.75. The molecule has 0 bridgehead atoms. The zero-order chi connectivity index (χ0) is 18.0. The van der Waals surface area contributed by atoms with E-state index >= 15 is 0 Å². The number of halogens is 5. The van der Waals surface area contributed by atoms with Crippen molar-refractivity contribution in [3.8, 4) is 18.6 Å². The van der Waals surface area contributed by atoms with E-state index in [0.29, 0.717) is 0 Å². The van der Waals surface area contributed by atoms with E-state index in [1.54, 1.807) is 0 Å². The van der Waals surface area contributed by atoms with Crippen molar-refractivity contribution in [1.29, 1.82) is 0 Å². The molecule has 3 nitrogen and oxygen atoms in total. The molecule has 1 aromatic rings. The Bertz CT molecular complexity index is 501. The number of esters is 1. The minimum atomic E-state index is -2.30. The van der Waals surface area contributed by atoms with E-state index in [4.69, 9.17) is 0 Å². The third-order valence-electron chi connectivity index (χ3n) is 1.84. The lowest BCUT2D eigenvalue weighted by molar-refractivity contribution is -0.138. The Morgan fingerprint density at radius 1 is 0.909 bits per heavy atom. The highest BCUT2D eigenvalue weighted by molar-refractivity contribution is 5.74. The van der Waals surface area contributed by atoms with E-state index in [0.717, 1.165) is 0 Å². The summed E-state index contributed by atoms with van der Waals surface area (Å²) in [5.41, 5.74) is 0. The summed E-state index contributed by atoms with van der Waals surface area (Å²) in [6, 6.07) is 0. The zero-order valence-corrected chi connectivity index (χ0v) is 12.4. The van der Waals surface area contributed by atoms with E-state index in [-0.39, 0.29) is 0 Å². The van der Waals surface area contributed by atoms with Crippen molar-refractivity contribution >= 4 is 5.97 Å². The number of benzene rings is 1. The normalized spacial score (nSPS) is 9.27. The fourth-order valence-electron chi connectivity index (χ4n) is 0.893. The maximum Gasteiger partial charge on any atom is 0.313 e. The van der Waals surface area contributed by atoms with Crippen LogP contribution in [0.2, 0.25) is 0 Å². The van der Waals surface area contributed by atoms with Crippen molar-refractivity contribution in [3.05, 3.63) is 29.1 Å². The molecule has 0 aromatic heterocycles. The molecular weight excluding hydrogens is 309 g/mol. The van der Waals surface area contributed by atoms with Gasteiger partial charge in [0.1, 0.15) is 0 Å². The van der Waals surface area contributed by atoms with Crippen LogP contribution in [0, 0.1) is 47.9 Å². The molecule has 22 heavy (non-hydrogen) atoms. The molecule has 0 unspecified atom stereocenters. The first-order chi connectivity index (χ1) is 10.2. The second-order valence-corrected chi connectivity index (χ2v) is 3.97. The number of carbonyl (C=O) groups excluding carboxylic acids is 1. The maximum absolute atomic E-state index is 13.0. The predicted molar refractivity (Wildman–Crippen MR) is 71.6 cm³/mol. The van der Waals surface area contributed by atoms with Crippen LogP contribution < -0.4 is 10.1 Å². The van der Waals surface area contributed by atoms with Crippen molar-refractivity contribution in [3.63, 3.8) is 0 Å². The largest absolute Gasteiger partial charge is 0.420 e. The number of carbonyl (C=O) groups is 1. The zero-order valence-electron chi connectivity index (χ0n) is 12.4. The lowest BCUT2D eigenvalue weighted by Gasteiger charge is -2.09. The van der Waals surface area contributed by atoms with Gasteiger partial charge >= 0.3 is 5.97 Å². The highest BCUT2D eigenvalue weighted by Crippen LogP contribution is 2.29. The summed E-state index contributed by atoms with van der Waals surface area (Å²) in [4.78, 5) is 11.0. The minimum absolute atomic E-state index is 0.773. The molecule has 0 radical (unpaired) electrons. The molecule has 1 rings (SSSR count). The molecule has 0 aliphatic carbocycles. The number of hydrogen-bond donors (Lipinski definition) is 1. The van der Waals surface area contributed by atoms with Crippen LogP contribution in [0.15, 0.2) is 0 Å². The molecule has 1 aromatic carbocycles. The monoisotopic (exact) mass is 325 g/mol. The fraction of sp³-hybridized carbons (Fsp3) is 0.357. The first-order valence-corrected chi connectivity index (χ1v) is 5.83. The topological polar surface area (TPSA) is 38.3 Å². The first kappa shape index (κ1) is 22.1. The van der Waals surface area contributed by atoms with Crippen LogP contribution in [0.3, 0.4) is 0 Å². The SMILES string of the molecule is C#C.CC(C)C(=O)Oc1c(F)c(F)c(F)c(F)c1F.CNC. The molecule has 0 fully saturated rings. The number of rotatable bonds is 2. The molecule has 0 aliphatic heterocycles. The van der Waals surface area contributed by atoms with Crippen molar-refractivity contribution < 1.29 is 31.5 Å². The highest BCUT2D eigenvalue weighted by atomic mass is 19.2. The van der Waals surface area contributed by atoms with Crippen LogP contribution in [0.25, 0.3) is 0 Å². The Kier molecular flexibility index (Phi) is 10.6. The Morgan fingerprint density at radius 3 is 1.45 bits per heavy atom. The van der Waals surface area contributed by atoms with E-state index in [9.17, 15) is 26.7 Å². The Morgan fingerprint density at radius 2 is 1.18 bits per heavy atom. The average molecular weight is 325 g/mol. The van der Waals surface area contributed by atoms with Gasteiger partial charge in [0.05, 0.1) is 5.92 Å². The standard InChI is InChI=1S/C10H7F5O2.C2H7N.C2H2/c1-3(2)10(16)17-9-7(14)5(12)4(11)6(13)8(9)15;1-3-2;1-2/h3H,1-2H3;3H,1-2H3;1-2H. The van der Waals surface area contributed by atoms with Gasteiger partial charge in [-0.1, -0.05) is 13.8 Å². The second-order valence-electron chi connectivity index (χ2n) is 3.97. The van der Waals surface area contributed by atoms with Crippen molar-refractivity contribution in [2.45, 2.75) is 13.8 Å². The maximum atomic E-state index is 13.0.